The van der Waals surface area contributed by atoms with Crippen LogP contribution >= 0.6 is 0 Å². The number of anilines is 1. The Balaban J connectivity index is 1.77. The first-order valence-electron chi connectivity index (χ1n) is 7.68. The highest BCUT2D eigenvalue weighted by Gasteiger charge is 2.31. The predicted octanol–water partition coefficient (Wildman–Crippen LogP) is 1.28. The zero-order valence-corrected chi connectivity index (χ0v) is 14.6. The van der Waals surface area contributed by atoms with Gasteiger partial charge in [-0.15, -0.1) is 0 Å². The number of sulfonamides is 1. The van der Waals surface area contributed by atoms with Gasteiger partial charge in [0.05, 0.1) is 10.6 Å². The Kier molecular flexibility index (Phi) is 4.45. The third kappa shape index (κ3) is 3.48. The van der Waals surface area contributed by atoms with Crippen LogP contribution in [0.4, 0.5) is 5.69 Å². The number of carbonyl (C=O) groups excluding carboxylic acids is 1. The van der Waals surface area contributed by atoms with Crippen molar-refractivity contribution in [3.63, 3.8) is 0 Å². The Morgan fingerprint density at radius 3 is 2.48 bits per heavy atom. The monoisotopic (exact) mass is 358 g/mol. The van der Waals surface area contributed by atoms with Crippen molar-refractivity contribution in [2.45, 2.75) is 17.9 Å². The minimum atomic E-state index is -3.62. The molecule has 2 N–H and O–H groups in total. The summed E-state index contributed by atoms with van der Waals surface area (Å²) in [5.41, 5.74) is 4.02. The van der Waals surface area contributed by atoms with Gasteiger partial charge in [-0.25, -0.2) is 8.42 Å². The van der Waals surface area contributed by atoms with Crippen LogP contribution in [0.1, 0.15) is 12.5 Å². The van der Waals surface area contributed by atoms with Gasteiger partial charge in [-0.1, -0.05) is 30.3 Å². The molecule has 0 fully saturated rings. The first-order valence-corrected chi connectivity index (χ1v) is 9.16. The lowest BCUT2D eigenvalue weighted by Gasteiger charge is -2.21. The molecular weight excluding hydrogens is 340 g/mol. The number of para-hydroxylation sites is 1. The van der Waals surface area contributed by atoms with Crippen LogP contribution in [0, 0.1) is 0 Å². The molecule has 0 bridgehead atoms. The van der Waals surface area contributed by atoms with Crippen molar-refractivity contribution in [2.75, 3.05) is 12.1 Å². The maximum Gasteiger partial charge on any atom is 0.263 e. The largest absolute Gasteiger partial charge is 0.289 e. The smallest absolute Gasteiger partial charge is 0.263 e. The number of amides is 1. The number of hydrazine groups is 1. The number of fused-ring (bicyclic) bond motifs is 1. The number of carbonyl (C=O) groups is 1. The Morgan fingerprint density at radius 2 is 1.76 bits per heavy atom. The first kappa shape index (κ1) is 17.0. The van der Waals surface area contributed by atoms with Gasteiger partial charge in [0, 0.05) is 12.6 Å². The third-order valence-electron chi connectivity index (χ3n) is 3.79. The Bertz CT molecular complexity index is 926. The second-order valence-corrected chi connectivity index (χ2v) is 7.28. The van der Waals surface area contributed by atoms with E-state index in [1.807, 2.05) is 30.3 Å². The van der Waals surface area contributed by atoms with Crippen LogP contribution in [0.25, 0.3) is 0 Å². The van der Waals surface area contributed by atoms with E-state index in [1.165, 1.54) is 6.07 Å². The number of aliphatic imine (C=N–C) groups is 1. The van der Waals surface area contributed by atoms with Crippen LogP contribution in [-0.2, 0) is 14.8 Å². The summed E-state index contributed by atoms with van der Waals surface area (Å²) in [6, 6.07) is 15.1. The van der Waals surface area contributed by atoms with Gasteiger partial charge in [-0.3, -0.25) is 24.9 Å². The lowest BCUT2D eigenvalue weighted by atomic mass is 10.2. The van der Waals surface area contributed by atoms with Crippen molar-refractivity contribution < 1.29 is 13.2 Å². The van der Waals surface area contributed by atoms with Crippen LogP contribution in [0.2, 0.25) is 0 Å². The minimum absolute atomic E-state index is 0.169. The van der Waals surface area contributed by atoms with Gasteiger partial charge in [-0.2, -0.15) is 0 Å². The number of rotatable bonds is 4. The summed E-state index contributed by atoms with van der Waals surface area (Å²) < 4.78 is 26.5. The molecule has 1 aliphatic heterocycles. The number of hydrogen-bond acceptors (Lipinski definition) is 5. The molecule has 0 unspecified atom stereocenters. The van der Waals surface area contributed by atoms with Crippen LogP contribution < -0.4 is 15.2 Å². The van der Waals surface area contributed by atoms with Crippen molar-refractivity contribution in [1.29, 1.82) is 0 Å². The second kappa shape index (κ2) is 6.56. The molecule has 0 radical (unpaired) electrons. The van der Waals surface area contributed by atoms with Crippen LogP contribution in [0.5, 0.6) is 0 Å². The molecule has 1 aliphatic rings. The molecule has 8 heteroatoms. The van der Waals surface area contributed by atoms with Crippen molar-refractivity contribution in [3.8, 4) is 0 Å². The van der Waals surface area contributed by atoms with Crippen molar-refractivity contribution in [1.82, 2.24) is 10.1 Å². The Hall–Kier alpha value is -2.87. The summed E-state index contributed by atoms with van der Waals surface area (Å²) in [4.78, 5) is 16.8. The molecule has 0 aromatic heterocycles. The van der Waals surface area contributed by atoms with Crippen molar-refractivity contribution >= 4 is 27.5 Å². The van der Waals surface area contributed by atoms with Crippen molar-refractivity contribution in [2.24, 2.45) is 4.99 Å². The standard InChI is InChI=1S/C17H18N4O3S/c1-12(17(22)19-21(2)13-8-4-3-5-9-13)18-16-14-10-6-7-11-15(14)25(23,24)20-16/h3-12H,1-2H3,(H,18,20)(H,19,22)/t12-/m1/s1. The normalized spacial score (nSPS) is 17.4. The van der Waals surface area contributed by atoms with E-state index in [1.54, 1.807) is 37.2 Å². The van der Waals surface area contributed by atoms with Crippen molar-refractivity contribution in [3.05, 3.63) is 60.2 Å². The van der Waals surface area contributed by atoms with Gasteiger partial charge >= 0.3 is 0 Å². The molecule has 2 aromatic rings. The van der Waals surface area contributed by atoms with Gasteiger partial charge in [0.1, 0.15) is 11.9 Å². The quantitative estimate of drug-likeness (QED) is 0.806. The van der Waals surface area contributed by atoms with Crippen LogP contribution in [0.3, 0.4) is 0 Å². The van der Waals surface area contributed by atoms with E-state index in [0.717, 1.165) is 5.69 Å². The summed E-state index contributed by atoms with van der Waals surface area (Å²) in [5.74, 6) is -0.164. The number of nitrogens with zero attached hydrogens (tertiary/aromatic N) is 2. The van der Waals surface area contributed by atoms with Gasteiger partial charge in [0.2, 0.25) is 0 Å². The molecule has 1 atom stereocenters. The number of amidine groups is 1. The molecule has 0 aliphatic carbocycles. The molecule has 25 heavy (non-hydrogen) atoms. The van der Waals surface area contributed by atoms with E-state index >= 15 is 0 Å². The minimum Gasteiger partial charge on any atom is -0.289 e. The summed E-state index contributed by atoms with van der Waals surface area (Å²) in [7, 11) is -1.89. The lowest BCUT2D eigenvalue weighted by molar-refractivity contribution is -0.122. The molecule has 3 rings (SSSR count). The highest BCUT2D eigenvalue weighted by atomic mass is 32.2. The maximum atomic E-state index is 12.4. The predicted molar refractivity (Wildman–Crippen MR) is 95.8 cm³/mol. The molecule has 0 saturated carbocycles. The van der Waals surface area contributed by atoms with Gasteiger partial charge in [0.25, 0.3) is 15.9 Å². The summed E-state index contributed by atoms with van der Waals surface area (Å²) in [6.45, 7) is 1.61. The van der Waals surface area contributed by atoms with Crippen LogP contribution in [-0.4, -0.2) is 33.3 Å². The summed E-state index contributed by atoms with van der Waals surface area (Å²) >= 11 is 0. The zero-order valence-electron chi connectivity index (χ0n) is 13.8. The van der Waals surface area contributed by atoms with E-state index in [2.05, 4.69) is 15.1 Å². The molecule has 0 saturated heterocycles. The Morgan fingerprint density at radius 1 is 1.12 bits per heavy atom. The van der Waals surface area contributed by atoms with Gasteiger partial charge in [-0.05, 0) is 31.2 Å². The lowest BCUT2D eigenvalue weighted by Crippen LogP contribution is -2.44. The molecule has 1 heterocycles. The molecule has 1 amide bonds. The first-order chi connectivity index (χ1) is 11.9. The zero-order chi connectivity index (χ0) is 18.0. The SMILES string of the molecule is C[C@@H](N=C1NS(=O)(=O)c2ccccc21)C(=O)NN(C)c1ccccc1. The highest BCUT2D eigenvalue weighted by molar-refractivity contribution is 7.90. The van der Waals surface area contributed by atoms with E-state index in [4.69, 9.17) is 0 Å². The van der Waals surface area contributed by atoms with Gasteiger partial charge in [0.15, 0.2) is 0 Å². The topological polar surface area (TPSA) is 90.9 Å². The Labute approximate surface area is 146 Å². The summed E-state index contributed by atoms with van der Waals surface area (Å²) in [6.07, 6.45) is 0. The number of nitrogens with one attached hydrogen (secondary N) is 2. The second-order valence-electron chi connectivity index (χ2n) is 5.63. The molecule has 130 valence electrons. The van der Waals surface area contributed by atoms with E-state index in [-0.39, 0.29) is 16.6 Å². The average Bonchev–Trinajstić information content (AvgIpc) is 2.86. The van der Waals surface area contributed by atoms with E-state index in [9.17, 15) is 13.2 Å². The highest BCUT2D eigenvalue weighted by Crippen LogP contribution is 2.22. The number of hydrogen-bond donors (Lipinski definition) is 2. The molecule has 2 aromatic carbocycles. The summed E-state index contributed by atoms with van der Waals surface area (Å²) in [5, 5.41) is 1.59. The van der Waals surface area contributed by atoms with Gasteiger partial charge < -0.3 is 0 Å². The molecule has 0 spiro atoms. The van der Waals surface area contributed by atoms with E-state index in [0.29, 0.717) is 5.56 Å². The molecule has 7 nitrogen and oxygen atoms in total. The fourth-order valence-electron chi connectivity index (χ4n) is 2.46. The fourth-order valence-corrected chi connectivity index (χ4v) is 3.70. The van der Waals surface area contributed by atoms with E-state index < -0.39 is 16.1 Å². The molecular formula is C17H18N4O3S. The maximum absolute atomic E-state index is 12.4. The number of benzene rings is 2. The fraction of sp³-hybridized carbons (Fsp3) is 0.176. The third-order valence-corrected chi connectivity index (χ3v) is 5.18. The average molecular weight is 358 g/mol. The van der Waals surface area contributed by atoms with Crippen LogP contribution in [0.15, 0.2) is 64.5 Å².